The fraction of sp³-hybridized carbons (Fsp3) is 0.636. The largest absolute Gasteiger partial charge is 4.00 e. The van der Waals surface area contributed by atoms with Gasteiger partial charge in [0.05, 0.1) is 16.1 Å². The molecule has 0 bridgehead atoms. The van der Waals surface area contributed by atoms with Crippen LogP contribution in [-0.4, -0.2) is 32.3 Å². The molecule has 0 aromatic carbocycles. The summed E-state index contributed by atoms with van der Waals surface area (Å²) >= 11 is 0. The summed E-state index contributed by atoms with van der Waals surface area (Å²) in [6.07, 6.45) is 14.6. The van der Waals surface area contributed by atoms with E-state index in [1.54, 1.807) is 20.8 Å². The number of rotatable bonds is 4. The van der Waals surface area contributed by atoms with Gasteiger partial charge < -0.3 is 24.8 Å². The molecule has 0 N–H and O–H groups in total. The summed E-state index contributed by atoms with van der Waals surface area (Å²) in [6, 6.07) is 0. The van der Waals surface area contributed by atoms with Crippen LogP contribution in [0.4, 0.5) is 0 Å². The standard InChI is InChI=1S/2C11H21Si2.2ClH.Th/c2*1-12(2,3)10-7-8-11(9-10)13(4,5)6;;;/h2*7H,8H2,1-6H3;2*1H;/q2*-1;;;+4/p-2. The Labute approximate surface area is 231 Å². The number of allylic oxidation sites excluding steroid dienone is 8. The van der Waals surface area contributed by atoms with Crippen molar-refractivity contribution in [3.8, 4) is 0 Å². The van der Waals surface area contributed by atoms with Gasteiger partial charge in [0, 0.05) is 16.1 Å². The molecule has 0 fully saturated rings. The van der Waals surface area contributed by atoms with Gasteiger partial charge in [-0.05, 0) is 0 Å². The van der Waals surface area contributed by atoms with Gasteiger partial charge in [0.2, 0.25) is 0 Å². The van der Waals surface area contributed by atoms with Crippen LogP contribution < -0.4 is 24.8 Å². The Morgan fingerprint density at radius 3 is 0.862 bits per heavy atom. The van der Waals surface area contributed by atoms with E-state index in [1.807, 2.05) is 0 Å². The van der Waals surface area contributed by atoms with E-state index in [4.69, 9.17) is 0 Å². The van der Waals surface area contributed by atoms with E-state index in [-0.39, 0.29) is 64.8 Å². The Kier molecular flexibility index (Phi) is 15.6. The first-order chi connectivity index (χ1) is 11.4. The molecule has 0 saturated carbocycles. The molecule has 0 radical (unpaired) electrons. The van der Waals surface area contributed by atoms with Gasteiger partial charge in [-0.2, -0.15) is 10.4 Å². The van der Waals surface area contributed by atoms with Crippen molar-refractivity contribution >= 4 is 32.3 Å². The first kappa shape index (κ1) is 35.3. The molecule has 164 valence electrons. The Morgan fingerprint density at radius 2 is 0.759 bits per heavy atom. The molecule has 0 heterocycles. The zero-order chi connectivity index (χ0) is 20.6. The minimum Gasteiger partial charge on any atom is -1.00 e. The molecule has 0 aliphatic heterocycles. The summed E-state index contributed by atoms with van der Waals surface area (Å²) in [7, 11) is -4.32. The van der Waals surface area contributed by atoms with Crippen molar-refractivity contribution < 1.29 is 64.8 Å². The topological polar surface area (TPSA) is 0 Å². The SMILES string of the molecule is C[Si](C)(C)C1=[C-]C([Si](C)(C)C)=CC1.C[Si](C)(C)C1=[C-]C([Si](C)(C)C)=CC1.[Cl-].[Cl-].[Th+4]. The fourth-order valence-electron chi connectivity index (χ4n) is 2.91. The molecule has 0 unspecified atom stereocenters. The maximum atomic E-state index is 3.67. The normalized spacial score (nSPS) is 16.7. The van der Waals surface area contributed by atoms with Gasteiger partial charge in [-0.15, -0.1) is 12.8 Å². The van der Waals surface area contributed by atoms with Crippen molar-refractivity contribution in [3.63, 3.8) is 0 Å². The summed E-state index contributed by atoms with van der Waals surface area (Å²) < 4.78 is 0. The van der Waals surface area contributed by atoms with Crippen molar-refractivity contribution in [2.75, 3.05) is 0 Å². The monoisotopic (exact) mass is 720 g/mol. The summed E-state index contributed by atoms with van der Waals surface area (Å²) in [5, 5.41) is 6.32. The van der Waals surface area contributed by atoms with Gasteiger partial charge in [-0.1, -0.05) is 78.6 Å². The Morgan fingerprint density at radius 1 is 0.517 bits per heavy atom. The third-order valence-corrected chi connectivity index (χ3v) is 13.2. The van der Waals surface area contributed by atoms with Crippen molar-refractivity contribution in [2.24, 2.45) is 0 Å². The van der Waals surface area contributed by atoms with E-state index in [0.717, 1.165) is 0 Å². The Balaban J connectivity index is -0.000000422. The van der Waals surface area contributed by atoms with Crippen LogP contribution in [0.15, 0.2) is 32.9 Å². The maximum absolute atomic E-state index is 3.67. The second kappa shape index (κ2) is 12.8. The zero-order valence-corrected chi connectivity index (χ0v) is 30.4. The first-order valence-electron chi connectivity index (χ1n) is 10.1. The Hall–Kier alpha value is 1.73. The second-order valence-corrected chi connectivity index (χ2v) is 32.1. The van der Waals surface area contributed by atoms with Crippen LogP contribution in [-0.2, 0) is 0 Å². The molecule has 0 nitrogen and oxygen atoms in total. The molecule has 2 aliphatic rings. The van der Waals surface area contributed by atoms with Crippen LogP contribution in [0.25, 0.3) is 0 Å². The molecule has 0 aromatic rings. The minimum atomic E-state index is -1.09. The number of hydrogen-bond acceptors (Lipinski definition) is 0. The third-order valence-electron chi connectivity index (χ3n) is 5.02. The summed E-state index contributed by atoms with van der Waals surface area (Å²) in [5.74, 6) is 0. The first-order valence-corrected chi connectivity index (χ1v) is 24.1. The molecule has 0 spiro atoms. The van der Waals surface area contributed by atoms with E-state index < -0.39 is 32.3 Å². The van der Waals surface area contributed by atoms with E-state index in [1.165, 1.54) is 12.8 Å². The van der Waals surface area contributed by atoms with Crippen molar-refractivity contribution in [3.05, 3.63) is 45.1 Å². The van der Waals surface area contributed by atoms with Crippen molar-refractivity contribution in [1.82, 2.24) is 0 Å². The molecule has 2 aliphatic carbocycles. The molecule has 0 amide bonds. The van der Waals surface area contributed by atoms with Crippen molar-refractivity contribution in [1.29, 1.82) is 0 Å². The molecular weight excluding hydrogens is 680 g/mol. The summed E-state index contributed by atoms with van der Waals surface area (Å²) in [6.45, 7) is 28.9. The van der Waals surface area contributed by atoms with Crippen LogP contribution in [0.1, 0.15) is 12.8 Å². The average Bonchev–Trinajstić information content (AvgIpc) is 3.06. The molecular formula is C22H42Cl2Si4Th. The zero-order valence-electron chi connectivity index (χ0n) is 20.8. The molecule has 29 heavy (non-hydrogen) atoms. The summed E-state index contributed by atoms with van der Waals surface area (Å²) in [5.41, 5.74) is 0. The van der Waals surface area contributed by atoms with Gasteiger partial charge in [0.15, 0.2) is 0 Å². The minimum absolute atomic E-state index is 0. The fourth-order valence-corrected chi connectivity index (χ4v) is 8.09. The number of halogens is 2. The maximum Gasteiger partial charge on any atom is 4.00 e. The van der Waals surface area contributed by atoms with Crippen LogP contribution in [0.2, 0.25) is 78.6 Å². The van der Waals surface area contributed by atoms with Crippen LogP contribution >= 0.6 is 0 Å². The van der Waals surface area contributed by atoms with E-state index >= 15 is 0 Å². The number of hydrogen-bond donors (Lipinski definition) is 0. The molecule has 7 heteroatoms. The predicted molar refractivity (Wildman–Crippen MR) is 132 cm³/mol. The van der Waals surface area contributed by atoms with Gasteiger partial charge in [0.25, 0.3) is 0 Å². The van der Waals surface area contributed by atoms with Crippen LogP contribution in [0, 0.1) is 52.1 Å². The van der Waals surface area contributed by atoms with E-state index in [9.17, 15) is 0 Å². The predicted octanol–water partition coefficient (Wildman–Crippen LogP) is 1.61. The quantitative estimate of drug-likeness (QED) is 0.306. The van der Waals surface area contributed by atoms with Crippen LogP contribution in [0.5, 0.6) is 0 Å². The third kappa shape index (κ3) is 12.0. The average molecular weight is 722 g/mol. The second-order valence-electron chi connectivity index (χ2n) is 11.9. The Bertz CT molecular complexity index is 592. The van der Waals surface area contributed by atoms with E-state index in [0.29, 0.717) is 0 Å². The van der Waals surface area contributed by atoms with Crippen LogP contribution in [0.3, 0.4) is 0 Å². The molecule has 0 aromatic heterocycles. The molecule has 0 atom stereocenters. The van der Waals surface area contributed by atoms with Gasteiger partial charge in [-0.25, -0.2) is 22.5 Å². The smallest absolute Gasteiger partial charge is 1.00 e. The van der Waals surface area contributed by atoms with Gasteiger partial charge >= 0.3 is 39.9 Å². The molecule has 2 rings (SSSR count). The molecule has 0 saturated heterocycles. The summed E-state index contributed by atoms with van der Waals surface area (Å²) in [4.78, 5) is 0. The van der Waals surface area contributed by atoms with Gasteiger partial charge in [-0.3, -0.25) is 12.2 Å². The van der Waals surface area contributed by atoms with Crippen molar-refractivity contribution in [2.45, 2.75) is 91.4 Å². The van der Waals surface area contributed by atoms with Gasteiger partial charge in [0.1, 0.15) is 0 Å². The van der Waals surface area contributed by atoms with E-state index in [2.05, 4.69) is 103 Å².